The van der Waals surface area contributed by atoms with Gasteiger partial charge in [-0.05, 0) is 67.1 Å². The van der Waals surface area contributed by atoms with Gasteiger partial charge in [0, 0.05) is 22.8 Å². The van der Waals surface area contributed by atoms with Crippen molar-refractivity contribution in [3.63, 3.8) is 0 Å². The van der Waals surface area contributed by atoms with Gasteiger partial charge in [-0.3, -0.25) is 0 Å². The maximum absolute atomic E-state index is 5.17. The molecule has 0 spiro atoms. The first-order valence-electron chi connectivity index (χ1n) is 10.7. The maximum atomic E-state index is 5.17. The number of hydrogen-bond donors (Lipinski definition) is 0. The number of pyridine rings is 1. The van der Waals surface area contributed by atoms with Gasteiger partial charge in [-0.15, -0.1) is 0 Å². The molecule has 0 saturated heterocycles. The van der Waals surface area contributed by atoms with Crippen LogP contribution in [-0.4, -0.2) is 9.55 Å². The summed E-state index contributed by atoms with van der Waals surface area (Å²) in [6.07, 6.45) is 2.13. The molecule has 0 saturated carbocycles. The lowest BCUT2D eigenvalue weighted by molar-refractivity contribution is 0.813. The van der Waals surface area contributed by atoms with E-state index in [1.165, 1.54) is 49.8 Å². The van der Waals surface area contributed by atoms with Crippen molar-refractivity contribution in [1.82, 2.24) is 9.55 Å². The van der Waals surface area contributed by atoms with E-state index in [1.54, 1.807) is 0 Å². The Morgan fingerprint density at radius 2 is 1.70 bits per heavy atom. The Bertz CT molecular complexity index is 1440. The number of para-hydroxylation sites is 2. The van der Waals surface area contributed by atoms with Crippen LogP contribution >= 0.6 is 0 Å². The van der Waals surface area contributed by atoms with Crippen LogP contribution in [0, 0.1) is 13.8 Å². The first-order valence-corrected chi connectivity index (χ1v) is 10.7. The monoisotopic (exact) mass is 388 g/mol. The summed E-state index contributed by atoms with van der Waals surface area (Å²) in [6, 6.07) is 26.4. The summed E-state index contributed by atoms with van der Waals surface area (Å²) in [6.45, 7) is 5.26. The molecule has 3 aromatic carbocycles. The molecule has 0 fully saturated rings. The van der Waals surface area contributed by atoms with E-state index in [0.717, 1.165) is 30.6 Å². The van der Waals surface area contributed by atoms with Crippen molar-refractivity contribution < 1.29 is 0 Å². The van der Waals surface area contributed by atoms with E-state index in [4.69, 9.17) is 4.98 Å². The van der Waals surface area contributed by atoms with Gasteiger partial charge in [0.15, 0.2) is 0 Å². The van der Waals surface area contributed by atoms with E-state index in [1.807, 2.05) is 0 Å². The molecule has 30 heavy (non-hydrogen) atoms. The molecule has 2 heteroatoms. The van der Waals surface area contributed by atoms with Crippen LogP contribution in [0.15, 0.2) is 72.8 Å². The van der Waals surface area contributed by atoms with E-state index >= 15 is 0 Å². The normalized spacial score (nSPS) is 12.9. The Labute approximate surface area is 176 Å². The van der Waals surface area contributed by atoms with Crippen molar-refractivity contribution in [2.24, 2.45) is 0 Å². The summed E-state index contributed by atoms with van der Waals surface area (Å²) in [5.74, 6) is 0. The van der Waals surface area contributed by atoms with E-state index < -0.39 is 0 Å². The highest BCUT2D eigenvalue weighted by atomic mass is 15.0. The van der Waals surface area contributed by atoms with Gasteiger partial charge < -0.3 is 4.57 Å². The summed E-state index contributed by atoms with van der Waals surface area (Å²) in [7, 11) is 0. The number of aromatic nitrogens is 2. The van der Waals surface area contributed by atoms with E-state index in [0.29, 0.717) is 0 Å². The van der Waals surface area contributed by atoms with E-state index in [-0.39, 0.29) is 0 Å². The quantitative estimate of drug-likeness (QED) is 0.332. The summed E-state index contributed by atoms with van der Waals surface area (Å²) in [4.78, 5) is 5.17. The van der Waals surface area contributed by atoms with Crippen molar-refractivity contribution in [2.75, 3.05) is 0 Å². The largest absolute Gasteiger partial charge is 0.334 e. The van der Waals surface area contributed by atoms with Crippen LogP contribution in [0.5, 0.6) is 0 Å². The predicted molar refractivity (Wildman–Crippen MR) is 125 cm³/mol. The summed E-state index contributed by atoms with van der Waals surface area (Å²) >= 11 is 0. The second-order valence-electron chi connectivity index (χ2n) is 8.55. The minimum Gasteiger partial charge on any atom is -0.334 e. The van der Waals surface area contributed by atoms with Crippen molar-refractivity contribution >= 4 is 21.8 Å². The van der Waals surface area contributed by atoms with Gasteiger partial charge in [0.2, 0.25) is 0 Å². The van der Waals surface area contributed by atoms with Gasteiger partial charge in [0.05, 0.1) is 16.9 Å². The molecular formula is C28H24N2. The number of aryl methyl sites for hydroxylation is 4. The van der Waals surface area contributed by atoms with Gasteiger partial charge in [-0.2, -0.15) is 0 Å². The molecule has 2 heterocycles. The second-order valence-corrected chi connectivity index (χ2v) is 8.55. The van der Waals surface area contributed by atoms with E-state index in [9.17, 15) is 0 Å². The lowest BCUT2D eigenvalue weighted by Crippen LogP contribution is -2.11. The molecule has 146 valence electrons. The van der Waals surface area contributed by atoms with Gasteiger partial charge in [-0.1, -0.05) is 60.2 Å². The Morgan fingerprint density at radius 3 is 2.63 bits per heavy atom. The van der Waals surface area contributed by atoms with Crippen LogP contribution < -0.4 is 0 Å². The average molecular weight is 389 g/mol. The summed E-state index contributed by atoms with van der Waals surface area (Å²) in [5.41, 5.74) is 11.7. The van der Waals surface area contributed by atoms with Crippen molar-refractivity contribution in [3.05, 3.63) is 101 Å². The van der Waals surface area contributed by atoms with Gasteiger partial charge in [-0.25, -0.2) is 4.98 Å². The smallest absolute Gasteiger partial charge is 0.0909 e. The highest BCUT2D eigenvalue weighted by Crippen LogP contribution is 2.40. The zero-order valence-corrected chi connectivity index (χ0v) is 17.4. The van der Waals surface area contributed by atoms with Gasteiger partial charge in [0.25, 0.3) is 0 Å². The highest BCUT2D eigenvalue weighted by molar-refractivity contribution is 5.94. The van der Waals surface area contributed by atoms with Crippen LogP contribution in [0.3, 0.4) is 0 Å². The van der Waals surface area contributed by atoms with Crippen LogP contribution in [0.25, 0.3) is 33.2 Å². The first kappa shape index (κ1) is 17.5. The lowest BCUT2D eigenvalue weighted by Gasteiger charge is -2.20. The molecule has 0 unspecified atom stereocenters. The molecule has 2 aromatic heterocycles. The molecule has 0 aliphatic heterocycles. The minimum atomic E-state index is 0.872. The van der Waals surface area contributed by atoms with Gasteiger partial charge >= 0.3 is 0 Å². The molecule has 6 rings (SSSR count). The molecule has 1 aliphatic carbocycles. The molecule has 5 aromatic rings. The van der Waals surface area contributed by atoms with Crippen molar-refractivity contribution in [2.45, 2.75) is 33.2 Å². The lowest BCUT2D eigenvalue weighted by atomic mass is 9.91. The highest BCUT2D eigenvalue weighted by Gasteiger charge is 2.26. The van der Waals surface area contributed by atoms with E-state index in [2.05, 4.69) is 91.2 Å². The molecule has 0 amide bonds. The Morgan fingerprint density at radius 1 is 0.867 bits per heavy atom. The fraction of sp³-hybridized carbons (Fsp3) is 0.179. The zero-order valence-electron chi connectivity index (χ0n) is 17.4. The predicted octanol–water partition coefficient (Wildman–Crippen LogP) is 6.62. The summed E-state index contributed by atoms with van der Waals surface area (Å²) < 4.78 is 2.51. The SMILES string of the molecule is Cc1ccc(C)c(Cn2c3c(c4ccccc42)CCc2cc4ccccc4nc2-3)c1. The molecular weight excluding hydrogens is 364 g/mol. The average Bonchev–Trinajstić information content (AvgIpc) is 3.09. The Kier molecular flexibility index (Phi) is 3.82. The van der Waals surface area contributed by atoms with Crippen LogP contribution in [0.2, 0.25) is 0 Å². The van der Waals surface area contributed by atoms with Gasteiger partial charge in [0.1, 0.15) is 0 Å². The maximum Gasteiger partial charge on any atom is 0.0909 e. The fourth-order valence-corrected chi connectivity index (χ4v) is 5.02. The standard InChI is InChI=1S/C28H24N2/c1-18-11-12-19(2)22(15-18)17-30-26-10-6-4-8-23(26)24-14-13-21-16-20-7-3-5-9-25(20)29-27(21)28(24)30/h3-12,15-16H,13-14,17H2,1-2H3. The third-order valence-electron chi connectivity index (χ3n) is 6.58. The van der Waals surface area contributed by atoms with Crippen LogP contribution in [0.4, 0.5) is 0 Å². The summed E-state index contributed by atoms with van der Waals surface area (Å²) in [5, 5.41) is 2.61. The molecule has 1 aliphatic rings. The first-order chi connectivity index (χ1) is 14.7. The fourth-order valence-electron chi connectivity index (χ4n) is 5.02. The molecule has 2 nitrogen and oxygen atoms in total. The Hall–Kier alpha value is -3.39. The molecule has 0 atom stereocenters. The van der Waals surface area contributed by atoms with Crippen molar-refractivity contribution in [3.8, 4) is 11.4 Å². The number of benzene rings is 3. The Balaban J connectivity index is 1.65. The van der Waals surface area contributed by atoms with Crippen molar-refractivity contribution in [1.29, 1.82) is 0 Å². The third kappa shape index (κ3) is 2.60. The van der Waals surface area contributed by atoms with Crippen LogP contribution in [0.1, 0.15) is 27.8 Å². The topological polar surface area (TPSA) is 17.8 Å². The minimum absolute atomic E-state index is 0.872. The number of nitrogens with zero attached hydrogens (tertiary/aromatic N) is 2. The zero-order chi connectivity index (χ0) is 20.2. The molecule has 0 N–H and O–H groups in total. The number of rotatable bonds is 2. The molecule has 0 bridgehead atoms. The number of hydrogen-bond acceptors (Lipinski definition) is 1. The third-order valence-corrected chi connectivity index (χ3v) is 6.58. The molecule has 0 radical (unpaired) electrons. The second kappa shape index (κ2) is 6.56. The van der Waals surface area contributed by atoms with Crippen LogP contribution in [-0.2, 0) is 19.4 Å². The number of fused-ring (bicyclic) bond motifs is 6.